The smallest absolute Gasteiger partial charge is 0.315 e. The van der Waals surface area contributed by atoms with Gasteiger partial charge in [0.2, 0.25) is 0 Å². The number of carbonyl (C=O) groups excluding carboxylic acids is 1. The summed E-state index contributed by atoms with van der Waals surface area (Å²) in [6.45, 7) is 14.3. The number of aryl methyl sites for hydroxylation is 2. The van der Waals surface area contributed by atoms with E-state index in [0.29, 0.717) is 11.5 Å². The largest absolute Gasteiger partial charge is 0.341 e. The van der Waals surface area contributed by atoms with Gasteiger partial charge in [0.15, 0.2) is 11.5 Å². The fraction of sp³-hybridized carbons (Fsp3) is 0.419. The molecule has 41 heavy (non-hydrogen) atoms. The first-order valence-corrected chi connectivity index (χ1v) is 14.2. The van der Waals surface area contributed by atoms with E-state index in [0.717, 1.165) is 64.2 Å². The van der Waals surface area contributed by atoms with E-state index in [1.54, 1.807) is 6.20 Å². The number of rotatable bonds is 5. The van der Waals surface area contributed by atoms with Gasteiger partial charge in [0.05, 0.1) is 22.8 Å². The van der Waals surface area contributed by atoms with Gasteiger partial charge >= 0.3 is 11.8 Å². The molecule has 0 fully saturated rings. The Balaban J connectivity index is 1.31. The van der Waals surface area contributed by atoms with Crippen molar-refractivity contribution in [3.8, 4) is 22.5 Å². The predicted octanol–water partition coefficient (Wildman–Crippen LogP) is 6.17. The number of imidazole rings is 1. The van der Waals surface area contributed by atoms with Crippen LogP contribution in [0, 0.1) is 13.8 Å². The lowest BCUT2D eigenvalue weighted by Crippen LogP contribution is -2.31. The van der Waals surface area contributed by atoms with Gasteiger partial charge in [-0.3, -0.25) is 9.48 Å². The first kappa shape index (κ1) is 26.9. The van der Waals surface area contributed by atoms with Crippen molar-refractivity contribution < 1.29 is 9.32 Å². The van der Waals surface area contributed by atoms with Crippen LogP contribution in [0.25, 0.3) is 33.7 Å². The molecule has 5 aromatic rings. The summed E-state index contributed by atoms with van der Waals surface area (Å²) in [5.41, 5.74) is 8.76. The molecule has 1 aliphatic rings. The highest BCUT2D eigenvalue weighted by atomic mass is 16.5. The standard InChI is InChI=1S/C31H36N8O2/c1-16(2)39-18(4)24(17(3)37-39)26-34-25-22(13-14-32-27(25)35-26)20-11-12-21-19(15-20)9-8-10-23(21)33-28(40)29-36-30(38-41-29)31(5,6)7/h11-16,23H,8-10H2,1-7H3,(H,33,40)(H,32,34,35)/t23-/m1/s1. The number of benzene rings is 1. The van der Waals surface area contributed by atoms with Crippen LogP contribution in [0.15, 0.2) is 35.0 Å². The van der Waals surface area contributed by atoms with Crippen molar-refractivity contribution in [1.29, 1.82) is 0 Å². The summed E-state index contributed by atoms with van der Waals surface area (Å²) in [5.74, 6) is 0.943. The van der Waals surface area contributed by atoms with Gasteiger partial charge in [0.25, 0.3) is 0 Å². The van der Waals surface area contributed by atoms with Gasteiger partial charge in [-0.1, -0.05) is 44.1 Å². The number of fused-ring (bicyclic) bond motifs is 2. The molecule has 0 saturated heterocycles. The molecule has 10 heteroatoms. The Kier molecular flexibility index (Phi) is 6.51. The second kappa shape index (κ2) is 9.94. The minimum Gasteiger partial charge on any atom is -0.341 e. The first-order chi connectivity index (χ1) is 19.5. The van der Waals surface area contributed by atoms with Gasteiger partial charge in [-0.2, -0.15) is 10.1 Å². The van der Waals surface area contributed by atoms with E-state index in [4.69, 9.17) is 14.6 Å². The van der Waals surface area contributed by atoms with Crippen LogP contribution in [-0.2, 0) is 11.8 Å². The highest BCUT2D eigenvalue weighted by Crippen LogP contribution is 2.36. The summed E-state index contributed by atoms with van der Waals surface area (Å²) in [5, 5.41) is 11.8. The normalized spacial score (nSPS) is 15.5. The molecule has 1 amide bonds. The van der Waals surface area contributed by atoms with E-state index in [1.165, 1.54) is 5.56 Å². The molecule has 0 bridgehead atoms. The highest BCUT2D eigenvalue weighted by Gasteiger charge is 2.28. The third-order valence-electron chi connectivity index (χ3n) is 7.81. The molecular weight excluding hydrogens is 516 g/mol. The zero-order valence-corrected chi connectivity index (χ0v) is 24.7. The maximum absolute atomic E-state index is 13.0. The van der Waals surface area contributed by atoms with Crippen molar-refractivity contribution in [2.45, 2.75) is 85.2 Å². The lowest BCUT2D eigenvalue weighted by atomic mass is 9.85. The Morgan fingerprint density at radius 2 is 1.98 bits per heavy atom. The Morgan fingerprint density at radius 3 is 2.68 bits per heavy atom. The molecule has 0 radical (unpaired) electrons. The van der Waals surface area contributed by atoms with Crippen LogP contribution in [0.2, 0.25) is 0 Å². The Bertz CT molecular complexity index is 1770. The van der Waals surface area contributed by atoms with E-state index in [2.05, 4.69) is 64.4 Å². The van der Waals surface area contributed by atoms with Crippen molar-refractivity contribution in [2.24, 2.45) is 0 Å². The number of amides is 1. The zero-order valence-electron chi connectivity index (χ0n) is 24.7. The van der Waals surface area contributed by atoms with Gasteiger partial charge in [0.1, 0.15) is 5.82 Å². The number of aromatic nitrogens is 7. The number of aromatic amines is 1. The van der Waals surface area contributed by atoms with Crippen LogP contribution in [0.3, 0.4) is 0 Å². The minimum absolute atomic E-state index is 0.00249. The number of carbonyl (C=O) groups is 1. The van der Waals surface area contributed by atoms with Crippen LogP contribution >= 0.6 is 0 Å². The van der Waals surface area contributed by atoms with Gasteiger partial charge in [-0.15, -0.1) is 0 Å². The second-order valence-electron chi connectivity index (χ2n) is 12.2. The molecule has 2 N–H and O–H groups in total. The molecule has 1 aliphatic carbocycles. The van der Waals surface area contributed by atoms with Crippen LogP contribution in [0.1, 0.15) is 98.6 Å². The summed E-state index contributed by atoms with van der Waals surface area (Å²) in [7, 11) is 0. The summed E-state index contributed by atoms with van der Waals surface area (Å²) in [6, 6.07) is 8.61. The van der Waals surface area contributed by atoms with Crippen molar-refractivity contribution in [1.82, 2.24) is 40.2 Å². The van der Waals surface area contributed by atoms with Crippen LogP contribution in [-0.4, -0.2) is 40.8 Å². The number of nitrogens with zero attached hydrogens (tertiary/aromatic N) is 6. The fourth-order valence-electron chi connectivity index (χ4n) is 5.75. The fourth-order valence-corrected chi connectivity index (χ4v) is 5.75. The topological polar surface area (TPSA) is 127 Å². The molecule has 4 aromatic heterocycles. The van der Waals surface area contributed by atoms with Crippen LogP contribution < -0.4 is 5.32 Å². The Labute approximate surface area is 239 Å². The maximum atomic E-state index is 13.0. The third kappa shape index (κ3) is 4.81. The van der Waals surface area contributed by atoms with E-state index < -0.39 is 0 Å². The molecule has 4 heterocycles. The number of hydrogen-bond acceptors (Lipinski definition) is 7. The molecule has 1 aromatic carbocycles. The van der Waals surface area contributed by atoms with E-state index in [1.807, 2.05) is 38.4 Å². The van der Waals surface area contributed by atoms with E-state index in [9.17, 15) is 4.79 Å². The minimum atomic E-state index is -0.345. The van der Waals surface area contributed by atoms with Crippen LogP contribution in [0.4, 0.5) is 0 Å². The van der Waals surface area contributed by atoms with Gasteiger partial charge in [-0.25, -0.2) is 9.97 Å². The van der Waals surface area contributed by atoms with Crippen molar-refractivity contribution >= 4 is 17.1 Å². The van der Waals surface area contributed by atoms with Crippen molar-refractivity contribution in [3.63, 3.8) is 0 Å². The molecule has 6 rings (SSSR count). The summed E-state index contributed by atoms with van der Waals surface area (Å²) >= 11 is 0. The zero-order chi connectivity index (χ0) is 29.1. The molecule has 0 spiro atoms. The van der Waals surface area contributed by atoms with E-state index >= 15 is 0 Å². The molecule has 0 aliphatic heterocycles. The molecule has 0 unspecified atom stereocenters. The highest BCUT2D eigenvalue weighted by molar-refractivity contribution is 5.92. The number of pyridine rings is 1. The summed E-state index contributed by atoms with van der Waals surface area (Å²) in [4.78, 5) is 30.3. The van der Waals surface area contributed by atoms with Crippen LogP contribution in [0.5, 0.6) is 0 Å². The monoisotopic (exact) mass is 552 g/mol. The van der Waals surface area contributed by atoms with Gasteiger partial charge in [-0.05, 0) is 69.7 Å². The first-order valence-electron chi connectivity index (χ1n) is 14.2. The maximum Gasteiger partial charge on any atom is 0.315 e. The van der Waals surface area contributed by atoms with Crippen molar-refractivity contribution in [3.05, 3.63) is 64.7 Å². The molecule has 212 valence electrons. The number of H-pyrrole nitrogens is 1. The molecule has 0 saturated carbocycles. The molecule has 1 atom stereocenters. The Hall–Kier alpha value is -4.34. The lowest BCUT2D eigenvalue weighted by Gasteiger charge is -2.26. The SMILES string of the molecule is Cc1nn(C(C)C)c(C)c1-c1nc2nccc(-c3ccc4c(c3)CCC[C@H]4NC(=O)c3nc(C(C)(C)C)no3)c2[nH]1. The van der Waals surface area contributed by atoms with Gasteiger partial charge < -0.3 is 14.8 Å². The number of nitrogens with one attached hydrogen (secondary N) is 2. The Morgan fingerprint density at radius 1 is 1.17 bits per heavy atom. The average molecular weight is 553 g/mol. The van der Waals surface area contributed by atoms with E-state index in [-0.39, 0.29) is 29.3 Å². The number of hydrogen-bond donors (Lipinski definition) is 2. The summed E-state index contributed by atoms with van der Waals surface area (Å²) in [6.07, 6.45) is 4.57. The third-order valence-corrected chi connectivity index (χ3v) is 7.81. The lowest BCUT2D eigenvalue weighted by molar-refractivity contribution is 0.0888. The second-order valence-corrected chi connectivity index (χ2v) is 12.2. The van der Waals surface area contributed by atoms with Crippen molar-refractivity contribution in [2.75, 3.05) is 0 Å². The quantitative estimate of drug-likeness (QED) is 0.267. The van der Waals surface area contributed by atoms with Gasteiger partial charge in [0, 0.05) is 28.9 Å². The predicted molar refractivity (Wildman–Crippen MR) is 157 cm³/mol. The molecule has 10 nitrogen and oxygen atoms in total. The average Bonchev–Trinajstić information content (AvgIpc) is 3.65. The molecular formula is C31H36N8O2. The summed E-state index contributed by atoms with van der Waals surface area (Å²) < 4.78 is 7.30.